The number of ketones is 1. The van der Waals surface area contributed by atoms with Crippen molar-refractivity contribution >= 4 is 5.78 Å². The fourth-order valence-corrected chi connectivity index (χ4v) is 6.91. The van der Waals surface area contributed by atoms with Crippen molar-refractivity contribution in [2.24, 2.45) is 34.5 Å². The van der Waals surface area contributed by atoms with Crippen molar-refractivity contribution in [3.05, 3.63) is 47.1 Å². The molecule has 4 aliphatic carbocycles. The highest BCUT2D eigenvalue weighted by atomic mass is 16.3. The molecule has 0 bridgehead atoms. The Morgan fingerprint density at radius 1 is 1.07 bits per heavy atom. The van der Waals surface area contributed by atoms with Crippen LogP contribution in [-0.4, -0.2) is 16.5 Å². The monoisotopic (exact) mass is 408 g/mol. The first-order chi connectivity index (χ1) is 14.0. The third-order valence-corrected chi connectivity index (χ3v) is 9.42. The standard InChI is InChI=1S/C28H40O2/c1-18(7-8-19(2)26(3,4)30)23-11-12-24-22-10-9-20-17-21(29)13-15-27(20,5)25(22)14-16-28(23,24)6/h7-10,17-19,23,25,30H,11-16H2,1-6H3/t18-,19+,23-,25+,27+,28-/m1/s1. The Hall–Kier alpha value is -1.41. The number of allylic oxidation sites excluding steroid dienone is 7. The number of carbonyl (C=O) groups is 1. The van der Waals surface area contributed by atoms with E-state index in [0.29, 0.717) is 30.0 Å². The maximum Gasteiger partial charge on any atom is 0.156 e. The van der Waals surface area contributed by atoms with E-state index < -0.39 is 5.60 Å². The van der Waals surface area contributed by atoms with Gasteiger partial charge in [0.25, 0.3) is 0 Å². The third-order valence-electron chi connectivity index (χ3n) is 9.42. The molecule has 0 heterocycles. The second-order valence-corrected chi connectivity index (χ2v) is 11.6. The van der Waals surface area contributed by atoms with Gasteiger partial charge in [-0.25, -0.2) is 0 Å². The molecule has 4 rings (SSSR count). The second kappa shape index (κ2) is 7.33. The van der Waals surface area contributed by atoms with Gasteiger partial charge in [-0.05, 0) is 91.8 Å². The zero-order valence-electron chi connectivity index (χ0n) is 19.8. The highest BCUT2D eigenvalue weighted by Gasteiger charge is 2.53. The number of rotatable bonds is 4. The highest BCUT2D eigenvalue weighted by molar-refractivity contribution is 5.92. The molecule has 1 N–H and O–H groups in total. The quantitative estimate of drug-likeness (QED) is 0.534. The minimum atomic E-state index is -0.671. The summed E-state index contributed by atoms with van der Waals surface area (Å²) in [6.07, 6.45) is 17.8. The number of fused-ring (bicyclic) bond motifs is 4. The summed E-state index contributed by atoms with van der Waals surface area (Å²) in [7, 11) is 0. The van der Waals surface area contributed by atoms with Crippen molar-refractivity contribution in [3.8, 4) is 0 Å². The second-order valence-electron chi connectivity index (χ2n) is 11.6. The van der Waals surface area contributed by atoms with Gasteiger partial charge in [0.15, 0.2) is 5.78 Å². The molecule has 4 aliphatic rings. The van der Waals surface area contributed by atoms with Gasteiger partial charge in [-0.2, -0.15) is 0 Å². The topological polar surface area (TPSA) is 37.3 Å². The maximum absolute atomic E-state index is 12.0. The summed E-state index contributed by atoms with van der Waals surface area (Å²) in [5, 5.41) is 10.3. The molecule has 0 amide bonds. The predicted octanol–water partition coefficient (Wildman–Crippen LogP) is 6.57. The molecule has 0 aromatic heterocycles. The molecule has 0 aromatic carbocycles. The van der Waals surface area contributed by atoms with Crippen molar-refractivity contribution in [2.45, 2.75) is 85.7 Å². The smallest absolute Gasteiger partial charge is 0.156 e. The molecular formula is C28H40O2. The molecule has 0 aliphatic heterocycles. The Balaban J connectivity index is 1.64. The van der Waals surface area contributed by atoms with E-state index >= 15 is 0 Å². The Bertz CT molecular complexity index is 848. The van der Waals surface area contributed by atoms with Gasteiger partial charge in [-0.15, -0.1) is 0 Å². The van der Waals surface area contributed by atoms with Gasteiger partial charge in [0.1, 0.15) is 0 Å². The Morgan fingerprint density at radius 2 is 1.80 bits per heavy atom. The minimum Gasteiger partial charge on any atom is -0.390 e. The number of carbonyl (C=O) groups excluding carboxylic acids is 1. The molecule has 6 atom stereocenters. The average molecular weight is 409 g/mol. The van der Waals surface area contributed by atoms with E-state index in [1.807, 2.05) is 19.9 Å². The summed E-state index contributed by atoms with van der Waals surface area (Å²) in [6, 6.07) is 0. The van der Waals surface area contributed by atoms with Crippen LogP contribution in [0.2, 0.25) is 0 Å². The van der Waals surface area contributed by atoms with Crippen LogP contribution in [0.5, 0.6) is 0 Å². The molecule has 0 saturated heterocycles. The predicted molar refractivity (Wildman–Crippen MR) is 124 cm³/mol. The zero-order valence-corrected chi connectivity index (χ0v) is 19.8. The van der Waals surface area contributed by atoms with E-state index in [4.69, 9.17) is 0 Å². The first kappa shape index (κ1) is 21.8. The van der Waals surface area contributed by atoms with E-state index in [1.54, 1.807) is 11.1 Å². The van der Waals surface area contributed by atoms with Crippen LogP contribution in [0.1, 0.15) is 80.1 Å². The van der Waals surface area contributed by atoms with Gasteiger partial charge in [0.05, 0.1) is 5.60 Å². The van der Waals surface area contributed by atoms with Crippen LogP contribution in [0.15, 0.2) is 47.1 Å². The minimum absolute atomic E-state index is 0.137. The van der Waals surface area contributed by atoms with Crippen LogP contribution in [0.3, 0.4) is 0 Å². The van der Waals surface area contributed by atoms with Gasteiger partial charge < -0.3 is 5.11 Å². The lowest BCUT2D eigenvalue weighted by Gasteiger charge is -2.51. The van der Waals surface area contributed by atoms with Crippen LogP contribution < -0.4 is 0 Å². The van der Waals surface area contributed by atoms with E-state index in [-0.39, 0.29) is 16.7 Å². The van der Waals surface area contributed by atoms with Gasteiger partial charge >= 0.3 is 0 Å². The van der Waals surface area contributed by atoms with Gasteiger partial charge in [-0.3, -0.25) is 4.79 Å². The van der Waals surface area contributed by atoms with Crippen molar-refractivity contribution in [3.63, 3.8) is 0 Å². The van der Waals surface area contributed by atoms with Gasteiger partial charge in [-0.1, -0.05) is 57.6 Å². The van der Waals surface area contributed by atoms with Gasteiger partial charge in [0.2, 0.25) is 0 Å². The van der Waals surface area contributed by atoms with Crippen LogP contribution >= 0.6 is 0 Å². The van der Waals surface area contributed by atoms with E-state index in [0.717, 1.165) is 6.42 Å². The van der Waals surface area contributed by atoms with E-state index in [9.17, 15) is 9.90 Å². The average Bonchev–Trinajstić information content (AvgIpc) is 3.03. The molecule has 30 heavy (non-hydrogen) atoms. The molecular weight excluding hydrogens is 368 g/mol. The number of hydrogen-bond acceptors (Lipinski definition) is 2. The first-order valence-corrected chi connectivity index (χ1v) is 12.0. The first-order valence-electron chi connectivity index (χ1n) is 12.0. The van der Waals surface area contributed by atoms with E-state index in [2.05, 4.69) is 52.0 Å². The van der Waals surface area contributed by atoms with Crippen molar-refractivity contribution in [1.29, 1.82) is 0 Å². The largest absolute Gasteiger partial charge is 0.390 e. The Labute approximate surface area is 183 Å². The van der Waals surface area contributed by atoms with Crippen molar-refractivity contribution in [1.82, 2.24) is 0 Å². The maximum atomic E-state index is 12.0. The van der Waals surface area contributed by atoms with Crippen LogP contribution in [-0.2, 0) is 4.79 Å². The molecule has 0 unspecified atom stereocenters. The summed E-state index contributed by atoms with van der Waals surface area (Å²) in [6.45, 7) is 13.2. The summed E-state index contributed by atoms with van der Waals surface area (Å²) >= 11 is 0. The molecule has 1 saturated carbocycles. The lowest BCUT2D eigenvalue weighted by atomic mass is 9.53. The molecule has 0 aromatic rings. The lowest BCUT2D eigenvalue weighted by Crippen LogP contribution is -2.41. The normalized spacial score (nSPS) is 38.2. The summed E-state index contributed by atoms with van der Waals surface area (Å²) in [4.78, 5) is 12.0. The number of aliphatic hydroxyl groups is 1. The van der Waals surface area contributed by atoms with Crippen LogP contribution in [0.4, 0.5) is 0 Å². The van der Waals surface area contributed by atoms with Crippen LogP contribution in [0.25, 0.3) is 0 Å². The SMILES string of the molecule is C[C@H](C=C[C@H](C)C(C)(C)O)[C@H]1CCC2=C3C=CC4=CC(=O)CC[C@]4(C)[C@H]3CC[C@@]21C. The molecule has 164 valence electrons. The third kappa shape index (κ3) is 3.40. The Kier molecular flexibility index (Phi) is 5.33. The lowest BCUT2D eigenvalue weighted by molar-refractivity contribution is -0.116. The highest BCUT2D eigenvalue weighted by Crippen LogP contribution is 2.63. The van der Waals surface area contributed by atoms with Crippen LogP contribution in [0, 0.1) is 34.5 Å². The summed E-state index contributed by atoms with van der Waals surface area (Å²) < 4.78 is 0. The fourth-order valence-electron chi connectivity index (χ4n) is 6.91. The molecule has 0 spiro atoms. The van der Waals surface area contributed by atoms with Crippen molar-refractivity contribution < 1.29 is 9.90 Å². The Morgan fingerprint density at radius 3 is 2.50 bits per heavy atom. The van der Waals surface area contributed by atoms with Gasteiger partial charge in [0, 0.05) is 12.3 Å². The zero-order chi connectivity index (χ0) is 21.9. The molecule has 2 nitrogen and oxygen atoms in total. The fraction of sp³-hybridized carbons (Fsp3) is 0.679. The molecule has 1 fully saturated rings. The molecule has 2 heteroatoms. The number of hydrogen-bond donors (Lipinski definition) is 1. The summed E-state index contributed by atoms with van der Waals surface area (Å²) in [5.41, 5.74) is 4.31. The molecule has 0 radical (unpaired) electrons. The van der Waals surface area contributed by atoms with Crippen molar-refractivity contribution in [2.75, 3.05) is 0 Å². The van der Waals surface area contributed by atoms with E-state index in [1.165, 1.54) is 31.3 Å². The summed E-state index contributed by atoms with van der Waals surface area (Å²) in [5.74, 6) is 2.20.